The van der Waals surface area contributed by atoms with E-state index in [0.29, 0.717) is 34.3 Å². The van der Waals surface area contributed by atoms with E-state index in [-0.39, 0.29) is 17.6 Å². The molecule has 0 aliphatic carbocycles. The van der Waals surface area contributed by atoms with E-state index in [0.717, 1.165) is 27.4 Å². The number of hydrogen-bond donors (Lipinski definition) is 1. The molecule has 8 heteroatoms. The fraction of sp³-hybridized carbons (Fsp3) is 0.321. The van der Waals surface area contributed by atoms with Gasteiger partial charge >= 0.3 is 0 Å². The highest BCUT2D eigenvalue weighted by Gasteiger charge is 2.29. The first-order valence-electron chi connectivity index (χ1n) is 12.1. The van der Waals surface area contributed by atoms with E-state index in [1.165, 1.54) is 23.1 Å². The molecule has 3 heterocycles. The number of benzene rings is 2. The zero-order valence-corrected chi connectivity index (χ0v) is 22.4. The number of nitrogens with zero attached hydrogens (tertiary/aromatic N) is 2. The molecule has 6 nitrogen and oxygen atoms in total. The lowest BCUT2D eigenvalue weighted by Gasteiger charge is -2.26. The van der Waals surface area contributed by atoms with Gasteiger partial charge in [0.1, 0.15) is 4.83 Å². The Morgan fingerprint density at radius 1 is 1.17 bits per heavy atom. The molecule has 0 spiro atoms. The highest BCUT2D eigenvalue weighted by Crippen LogP contribution is 2.37. The Hall–Kier alpha value is -2.94. The van der Waals surface area contributed by atoms with Gasteiger partial charge in [-0.15, -0.1) is 11.3 Å². The van der Waals surface area contributed by atoms with Gasteiger partial charge in [0.25, 0.3) is 5.56 Å². The lowest BCUT2D eigenvalue weighted by atomic mass is 9.96. The molecule has 1 N–H and O–H groups in total. The van der Waals surface area contributed by atoms with Crippen LogP contribution in [0.25, 0.3) is 15.9 Å². The van der Waals surface area contributed by atoms with E-state index in [9.17, 15) is 9.59 Å². The number of anilines is 1. The van der Waals surface area contributed by atoms with Crippen LogP contribution < -0.4 is 10.9 Å². The number of hydrogen-bond acceptors (Lipinski definition) is 6. The number of aromatic nitrogens is 2. The minimum Gasteiger partial charge on any atom is -0.372 e. The third-order valence-electron chi connectivity index (χ3n) is 6.41. The van der Waals surface area contributed by atoms with E-state index < -0.39 is 5.25 Å². The van der Waals surface area contributed by atoms with Crippen LogP contribution in [0.3, 0.4) is 0 Å². The number of thiophene rings is 1. The number of ether oxygens (including phenoxy) is 1. The van der Waals surface area contributed by atoms with Crippen LogP contribution in [0.1, 0.15) is 36.8 Å². The first kappa shape index (κ1) is 24.7. The fourth-order valence-electron chi connectivity index (χ4n) is 4.39. The van der Waals surface area contributed by atoms with Gasteiger partial charge in [0.15, 0.2) is 5.16 Å². The van der Waals surface area contributed by atoms with Crippen molar-refractivity contribution in [1.82, 2.24) is 9.55 Å². The summed E-state index contributed by atoms with van der Waals surface area (Å²) < 4.78 is 7.73. The van der Waals surface area contributed by atoms with Crippen LogP contribution in [0.2, 0.25) is 0 Å². The topological polar surface area (TPSA) is 73.2 Å². The number of carbonyl (C=O) groups excluding carboxylic acids is 1. The fourth-order valence-corrected chi connectivity index (χ4v) is 6.48. The SMILES string of the molecule is Cc1cccc(-n2c(S[C@H](C)C(=O)Nc3ccccc3)nc3sc4c(c3c2=O)C[C@@H](C(C)C)OC4)c1. The molecule has 1 aliphatic heterocycles. The molecule has 0 saturated carbocycles. The minimum absolute atomic E-state index is 0.0814. The normalized spacial score (nSPS) is 16.2. The number of aryl methyl sites for hydroxylation is 1. The third kappa shape index (κ3) is 4.85. The molecule has 0 unspecified atom stereocenters. The van der Waals surface area contributed by atoms with Gasteiger partial charge < -0.3 is 10.1 Å². The predicted octanol–water partition coefficient (Wildman–Crippen LogP) is 5.97. The van der Waals surface area contributed by atoms with Crippen LogP contribution in [0.5, 0.6) is 0 Å². The first-order chi connectivity index (χ1) is 17.3. The van der Waals surface area contributed by atoms with Crippen molar-refractivity contribution >= 4 is 44.9 Å². The second-order valence-corrected chi connectivity index (χ2v) is 11.9. The van der Waals surface area contributed by atoms with Crippen molar-refractivity contribution in [3.05, 3.63) is 81.0 Å². The molecule has 0 fully saturated rings. The summed E-state index contributed by atoms with van der Waals surface area (Å²) in [5, 5.41) is 3.67. The summed E-state index contributed by atoms with van der Waals surface area (Å²) in [4.78, 5) is 33.8. The lowest BCUT2D eigenvalue weighted by molar-refractivity contribution is -0.115. The number of nitrogens with one attached hydrogen (secondary N) is 1. The quantitative estimate of drug-likeness (QED) is 0.251. The van der Waals surface area contributed by atoms with E-state index in [2.05, 4.69) is 19.2 Å². The average molecular weight is 520 g/mol. The zero-order chi connectivity index (χ0) is 25.4. The summed E-state index contributed by atoms with van der Waals surface area (Å²) in [5.41, 5.74) is 3.50. The van der Waals surface area contributed by atoms with Crippen LogP contribution in [-0.2, 0) is 22.6 Å². The van der Waals surface area contributed by atoms with Gasteiger partial charge in [-0.3, -0.25) is 14.2 Å². The van der Waals surface area contributed by atoms with Crippen molar-refractivity contribution in [3.63, 3.8) is 0 Å². The van der Waals surface area contributed by atoms with Gasteiger partial charge in [-0.1, -0.05) is 55.9 Å². The Morgan fingerprint density at radius 2 is 1.94 bits per heavy atom. The number of carbonyl (C=O) groups is 1. The summed E-state index contributed by atoms with van der Waals surface area (Å²) in [6.45, 7) is 8.62. The Bertz CT molecular complexity index is 1480. The highest BCUT2D eigenvalue weighted by molar-refractivity contribution is 8.00. The average Bonchev–Trinajstić information content (AvgIpc) is 3.22. The molecule has 0 radical (unpaired) electrons. The molecule has 2 aromatic heterocycles. The van der Waals surface area contributed by atoms with Gasteiger partial charge in [-0.05, 0) is 55.2 Å². The number of rotatable bonds is 6. The maximum Gasteiger partial charge on any atom is 0.267 e. The Morgan fingerprint density at radius 3 is 2.67 bits per heavy atom. The molecule has 4 aromatic rings. The molecular formula is C28H29N3O3S2. The molecule has 2 aromatic carbocycles. The Labute approximate surface area is 218 Å². The van der Waals surface area contributed by atoms with Crippen molar-refractivity contribution in [1.29, 1.82) is 0 Å². The summed E-state index contributed by atoms with van der Waals surface area (Å²) in [7, 11) is 0. The van der Waals surface area contributed by atoms with Gasteiger partial charge in [-0.25, -0.2) is 4.98 Å². The van der Waals surface area contributed by atoms with E-state index in [4.69, 9.17) is 9.72 Å². The largest absolute Gasteiger partial charge is 0.372 e. The van der Waals surface area contributed by atoms with Crippen LogP contribution in [-0.4, -0.2) is 26.8 Å². The molecule has 0 bridgehead atoms. The van der Waals surface area contributed by atoms with E-state index >= 15 is 0 Å². The van der Waals surface area contributed by atoms with Crippen LogP contribution in [0, 0.1) is 12.8 Å². The van der Waals surface area contributed by atoms with E-state index in [1.54, 1.807) is 4.57 Å². The maximum atomic E-state index is 14.1. The van der Waals surface area contributed by atoms with Crippen molar-refractivity contribution in [2.45, 2.75) is 57.2 Å². The third-order valence-corrected chi connectivity index (χ3v) is 8.56. The summed E-state index contributed by atoms with van der Waals surface area (Å²) in [5.74, 6) is 0.217. The molecule has 1 amide bonds. The van der Waals surface area contributed by atoms with Gasteiger partial charge in [0, 0.05) is 17.0 Å². The zero-order valence-electron chi connectivity index (χ0n) is 20.8. The molecule has 5 rings (SSSR count). The van der Waals surface area contributed by atoms with Crippen molar-refractivity contribution in [3.8, 4) is 5.69 Å². The van der Waals surface area contributed by atoms with Gasteiger partial charge in [-0.2, -0.15) is 0 Å². The smallest absolute Gasteiger partial charge is 0.267 e. The first-order valence-corrected chi connectivity index (χ1v) is 13.8. The second-order valence-electron chi connectivity index (χ2n) is 9.47. The standard InChI is InChI=1S/C28H29N3O3S2/c1-16(2)22-14-21-23(15-34-22)36-26-24(21)27(33)31(20-12-8-9-17(3)13-20)28(30-26)35-18(4)25(32)29-19-10-6-5-7-11-19/h5-13,16,18,22H,14-15H2,1-4H3,(H,29,32)/t18-,22+/m1/s1. The maximum absolute atomic E-state index is 14.1. The highest BCUT2D eigenvalue weighted by atomic mass is 32.2. The lowest BCUT2D eigenvalue weighted by Crippen LogP contribution is -2.29. The number of amides is 1. The summed E-state index contributed by atoms with van der Waals surface area (Å²) in [6.07, 6.45) is 0.790. The molecule has 2 atom stereocenters. The van der Waals surface area contributed by atoms with Crippen LogP contribution in [0.4, 0.5) is 5.69 Å². The molecular weight excluding hydrogens is 490 g/mol. The van der Waals surface area contributed by atoms with Crippen LogP contribution in [0.15, 0.2) is 64.5 Å². The van der Waals surface area contributed by atoms with Crippen molar-refractivity contribution in [2.24, 2.45) is 5.92 Å². The molecule has 1 aliphatic rings. The molecule has 36 heavy (non-hydrogen) atoms. The summed E-state index contributed by atoms with van der Waals surface area (Å²) >= 11 is 2.82. The second kappa shape index (κ2) is 10.2. The minimum atomic E-state index is -0.464. The monoisotopic (exact) mass is 519 g/mol. The number of fused-ring (bicyclic) bond motifs is 3. The molecule has 186 valence electrons. The van der Waals surface area contributed by atoms with Gasteiger partial charge in [0.2, 0.25) is 5.91 Å². The van der Waals surface area contributed by atoms with Crippen molar-refractivity contribution in [2.75, 3.05) is 5.32 Å². The molecule has 0 saturated heterocycles. The number of thioether (sulfide) groups is 1. The summed E-state index contributed by atoms with van der Waals surface area (Å²) in [6, 6.07) is 17.2. The Balaban J connectivity index is 1.59. The Kier molecular flexibility index (Phi) is 7.01. The number of para-hydroxylation sites is 1. The van der Waals surface area contributed by atoms with Crippen molar-refractivity contribution < 1.29 is 9.53 Å². The predicted molar refractivity (Wildman–Crippen MR) is 147 cm³/mol. The van der Waals surface area contributed by atoms with E-state index in [1.807, 2.05) is 68.4 Å². The van der Waals surface area contributed by atoms with Crippen LogP contribution >= 0.6 is 23.1 Å². The van der Waals surface area contributed by atoms with Gasteiger partial charge in [0.05, 0.1) is 29.0 Å².